The Kier molecular flexibility index (Phi) is 2.95. The molecule has 0 spiro atoms. The van der Waals surface area contributed by atoms with E-state index in [1.165, 1.54) is 16.5 Å². The molecule has 1 heterocycles. The fraction of sp³-hybridized carbons (Fsp3) is 0.500. The fourth-order valence-electron chi connectivity index (χ4n) is 2.69. The highest BCUT2D eigenvalue weighted by Gasteiger charge is 2.51. The maximum absolute atomic E-state index is 3.57. The van der Waals surface area contributed by atoms with E-state index in [-0.39, 0.29) is 0 Å². The second-order valence-electron chi connectivity index (χ2n) is 6.03. The van der Waals surface area contributed by atoms with E-state index in [1.807, 2.05) is 11.3 Å². The third-order valence-corrected chi connectivity index (χ3v) is 5.57. The number of nitrogens with one attached hydrogen (secondary N) is 1. The van der Waals surface area contributed by atoms with Crippen LogP contribution in [-0.4, -0.2) is 12.6 Å². The van der Waals surface area contributed by atoms with Crippen molar-refractivity contribution >= 4 is 21.4 Å². The van der Waals surface area contributed by atoms with Crippen molar-refractivity contribution in [2.45, 2.75) is 38.6 Å². The average Bonchev–Trinajstić information content (AvgIpc) is 2.83. The van der Waals surface area contributed by atoms with Gasteiger partial charge >= 0.3 is 0 Å². The van der Waals surface area contributed by atoms with Crippen molar-refractivity contribution in [3.63, 3.8) is 0 Å². The Balaban J connectivity index is 1.79. The van der Waals surface area contributed by atoms with Crippen LogP contribution >= 0.6 is 11.3 Å². The van der Waals surface area contributed by atoms with Gasteiger partial charge in [-0.2, -0.15) is 0 Å². The summed E-state index contributed by atoms with van der Waals surface area (Å²) < 4.78 is 1.43. The van der Waals surface area contributed by atoms with Gasteiger partial charge in [0.15, 0.2) is 0 Å². The number of rotatable bonds is 4. The minimum atomic E-state index is 0.422. The molecule has 1 fully saturated rings. The second-order valence-corrected chi connectivity index (χ2v) is 7.11. The Morgan fingerprint density at radius 1 is 1.39 bits per heavy atom. The molecule has 2 atom stereocenters. The lowest BCUT2D eigenvalue weighted by Crippen LogP contribution is -2.26. The Bertz CT molecular complexity index is 524. The highest BCUT2D eigenvalue weighted by Crippen LogP contribution is 2.56. The summed E-state index contributed by atoms with van der Waals surface area (Å²) in [4.78, 5) is 1.57. The summed E-state index contributed by atoms with van der Waals surface area (Å²) in [6, 6.07) is 11.7. The summed E-state index contributed by atoms with van der Waals surface area (Å²) in [5.41, 5.74) is 0.422. The molecule has 0 bridgehead atoms. The molecule has 1 aliphatic rings. The standard InChI is InChI=1S/C16H21NS/c1-11(2)17-10-13-9-16(13,3)15-8-12-6-4-5-7-14(12)18-15/h4-8,11,13,17H,9-10H2,1-3H3. The number of hydrogen-bond acceptors (Lipinski definition) is 2. The SMILES string of the molecule is CC(C)NCC1CC1(C)c1cc2ccccc2s1. The first-order chi connectivity index (χ1) is 8.59. The highest BCUT2D eigenvalue weighted by molar-refractivity contribution is 7.19. The van der Waals surface area contributed by atoms with E-state index in [4.69, 9.17) is 0 Å². The molecule has 0 radical (unpaired) electrons. The first-order valence-corrected chi connectivity index (χ1v) is 7.64. The third-order valence-electron chi connectivity index (χ3n) is 4.17. The fourth-order valence-corrected chi connectivity index (χ4v) is 3.99. The monoisotopic (exact) mass is 259 g/mol. The molecule has 0 aliphatic heterocycles. The molecule has 3 rings (SSSR count). The van der Waals surface area contributed by atoms with E-state index < -0.39 is 0 Å². The Hall–Kier alpha value is -0.860. The van der Waals surface area contributed by atoms with Gasteiger partial charge in [0.25, 0.3) is 0 Å². The quantitative estimate of drug-likeness (QED) is 0.868. The van der Waals surface area contributed by atoms with Crippen LogP contribution in [0.25, 0.3) is 10.1 Å². The predicted octanol–water partition coefficient (Wildman–Crippen LogP) is 4.18. The number of benzene rings is 1. The molecule has 1 aliphatic carbocycles. The van der Waals surface area contributed by atoms with E-state index >= 15 is 0 Å². The summed E-state index contributed by atoms with van der Waals surface area (Å²) in [7, 11) is 0. The van der Waals surface area contributed by atoms with Crippen LogP contribution in [0.5, 0.6) is 0 Å². The first-order valence-electron chi connectivity index (χ1n) is 6.82. The van der Waals surface area contributed by atoms with Crippen molar-refractivity contribution in [2.24, 2.45) is 5.92 Å². The molecule has 2 unspecified atom stereocenters. The zero-order valence-electron chi connectivity index (χ0n) is 11.4. The normalized spacial score (nSPS) is 27.0. The van der Waals surface area contributed by atoms with Gasteiger partial charge in [0.2, 0.25) is 0 Å². The van der Waals surface area contributed by atoms with Crippen LogP contribution in [-0.2, 0) is 5.41 Å². The average molecular weight is 259 g/mol. The third kappa shape index (κ3) is 2.08. The van der Waals surface area contributed by atoms with Crippen molar-refractivity contribution in [1.82, 2.24) is 5.32 Å². The van der Waals surface area contributed by atoms with Crippen molar-refractivity contribution in [3.8, 4) is 0 Å². The summed E-state index contributed by atoms with van der Waals surface area (Å²) >= 11 is 1.98. The van der Waals surface area contributed by atoms with Gasteiger partial charge in [-0.1, -0.05) is 39.0 Å². The second kappa shape index (κ2) is 4.36. The van der Waals surface area contributed by atoms with Crippen molar-refractivity contribution < 1.29 is 0 Å². The molecule has 96 valence electrons. The molecule has 1 saturated carbocycles. The van der Waals surface area contributed by atoms with Gasteiger partial charge in [-0.15, -0.1) is 11.3 Å². The summed E-state index contributed by atoms with van der Waals surface area (Å²) in [5.74, 6) is 0.813. The van der Waals surface area contributed by atoms with Crippen molar-refractivity contribution in [3.05, 3.63) is 35.2 Å². The van der Waals surface area contributed by atoms with Crippen molar-refractivity contribution in [2.75, 3.05) is 6.54 Å². The molecule has 0 saturated heterocycles. The van der Waals surface area contributed by atoms with Crippen LogP contribution in [0.3, 0.4) is 0 Å². The van der Waals surface area contributed by atoms with Crippen LogP contribution in [0.1, 0.15) is 32.1 Å². The lowest BCUT2D eigenvalue weighted by atomic mass is 10.0. The van der Waals surface area contributed by atoms with E-state index in [0.717, 1.165) is 12.5 Å². The topological polar surface area (TPSA) is 12.0 Å². The molecule has 1 N–H and O–H groups in total. The van der Waals surface area contributed by atoms with Crippen LogP contribution in [0.2, 0.25) is 0 Å². The van der Waals surface area contributed by atoms with Crippen LogP contribution in [0, 0.1) is 5.92 Å². The molecule has 2 aromatic rings. The van der Waals surface area contributed by atoms with E-state index in [1.54, 1.807) is 4.88 Å². The molecule has 1 aromatic heterocycles. The number of fused-ring (bicyclic) bond motifs is 1. The molecule has 1 aromatic carbocycles. The largest absolute Gasteiger partial charge is 0.314 e. The molecule has 0 amide bonds. The molecule has 2 heteroatoms. The predicted molar refractivity (Wildman–Crippen MR) is 80.4 cm³/mol. The van der Waals surface area contributed by atoms with Gasteiger partial charge in [-0.05, 0) is 36.4 Å². The smallest absolute Gasteiger partial charge is 0.0345 e. The summed E-state index contributed by atoms with van der Waals surface area (Å²) in [5, 5.41) is 4.97. The van der Waals surface area contributed by atoms with Crippen LogP contribution < -0.4 is 5.32 Å². The van der Waals surface area contributed by atoms with E-state index in [9.17, 15) is 0 Å². The maximum Gasteiger partial charge on any atom is 0.0345 e. The van der Waals surface area contributed by atoms with Gasteiger partial charge < -0.3 is 5.32 Å². The van der Waals surface area contributed by atoms with E-state index in [0.29, 0.717) is 11.5 Å². The molecule has 1 nitrogen and oxygen atoms in total. The van der Waals surface area contributed by atoms with Crippen LogP contribution in [0.15, 0.2) is 30.3 Å². The van der Waals surface area contributed by atoms with Gasteiger partial charge in [-0.25, -0.2) is 0 Å². The highest BCUT2D eigenvalue weighted by atomic mass is 32.1. The Morgan fingerprint density at radius 3 is 2.89 bits per heavy atom. The minimum Gasteiger partial charge on any atom is -0.314 e. The van der Waals surface area contributed by atoms with Gasteiger partial charge in [0.1, 0.15) is 0 Å². The molecular formula is C16H21NS. The van der Waals surface area contributed by atoms with Crippen molar-refractivity contribution in [1.29, 1.82) is 0 Å². The Morgan fingerprint density at radius 2 is 2.17 bits per heavy atom. The zero-order chi connectivity index (χ0) is 12.8. The number of hydrogen-bond donors (Lipinski definition) is 1. The lowest BCUT2D eigenvalue weighted by molar-refractivity contribution is 0.530. The van der Waals surface area contributed by atoms with Gasteiger partial charge in [0, 0.05) is 21.0 Å². The maximum atomic E-state index is 3.57. The summed E-state index contributed by atoms with van der Waals surface area (Å²) in [6.45, 7) is 8.02. The summed E-state index contributed by atoms with van der Waals surface area (Å²) in [6.07, 6.45) is 1.33. The molecular weight excluding hydrogens is 238 g/mol. The van der Waals surface area contributed by atoms with E-state index in [2.05, 4.69) is 56.4 Å². The minimum absolute atomic E-state index is 0.422. The van der Waals surface area contributed by atoms with Gasteiger partial charge in [-0.3, -0.25) is 0 Å². The lowest BCUT2D eigenvalue weighted by Gasteiger charge is -2.11. The molecule has 18 heavy (non-hydrogen) atoms. The zero-order valence-corrected chi connectivity index (χ0v) is 12.2. The Labute approximate surface area is 113 Å². The number of thiophene rings is 1. The first kappa shape index (κ1) is 12.2. The van der Waals surface area contributed by atoms with Gasteiger partial charge in [0.05, 0.1) is 0 Å². The van der Waals surface area contributed by atoms with Crippen LogP contribution in [0.4, 0.5) is 0 Å².